The quantitative estimate of drug-likeness (QED) is 0.492. The highest BCUT2D eigenvalue weighted by Crippen LogP contribution is 2.19. The molecule has 0 bridgehead atoms. The van der Waals surface area contributed by atoms with Crippen LogP contribution in [0.1, 0.15) is 46.1 Å². The van der Waals surface area contributed by atoms with Crippen molar-refractivity contribution in [2.24, 2.45) is 0 Å². The van der Waals surface area contributed by atoms with E-state index in [1.54, 1.807) is 0 Å². The Kier molecular flexibility index (Phi) is 7.46. The van der Waals surface area contributed by atoms with Gasteiger partial charge in [-0.05, 0) is 69.9 Å². The fraction of sp³-hybridized carbons (Fsp3) is 0.368. The number of hydrogen-bond acceptors (Lipinski definition) is 2. The largest absolute Gasteiger partial charge is 0.295 e. The Labute approximate surface area is 141 Å². The summed E-state index contributed by atoms with van der Waals surface area (Å²) in [7, 11) is 0. The van der Waals surface area contributed by atoms with Gasteiger partial charge in [0.1, 0.15) is 0 Å². The second kappa shape index (κ2) is 8.84. The second-order valence-corrected chi connectivity index (χ2v) is 6.63. The maximum absolute atomic E-state index is 12.4. The van der Waals surface area contributed by atoms with Crippen molar-refractivity contribution >= 4 is 27.5 Å². The van der Waals surface area contributed by atoms with Crippen LogP contribution in [-0.4, -0.2) is 11.6 Å². The van der Waals surface area contributed by atoms with Gasteiger partial charge >= 0.3 is 0 Å². The number of Topliss-reactive ketones (excluding diaryl/α,β-unsaturated/α-hetero) is 1. The van der Waals surface area contributed by atoms with Crippen LogP contribution in [0, 0.1) is 0 Å². The smallest absolute Gasteiger partial charge is 0.163 e. The lowest BCUT2D eigenvalue weighted by atomic mass is 9.94. The number of ketones is 2. The molecule has 0 amide bonds. The predicted molar refractivity (Wildman–Crippen MR) is 94.9 cm³/mol. The van der Waals surface area contributed by atoms with Crippen LogP contribution in [0.3, 0.4) is 0 Å². The summed E-state index contributed by atoms with van der Waals surface area (Å²) >= 11 is 3.41. The van der Waals surface area contributed by atoms with Gasteiger partial charge in [-0.15, -0.1) is 0 Å². The molecule has 0 fully saturated rings. The van der Waals surface area contributed by atoms with Crippen molar-refractivity contribution in [2.45, 2.75) is 47.0 Å². The SMILES string of the molecule is CC(=O)/C=C(/C)C(C(=O)CCCc1ccc(Br)cc1)=C(C)C. The first kappa shape index (κ1) is 18.6. The van der Waals surface area contributed by atoms with Crippen LogP contribution in [0.4, 0.5) is 0 Å². The van der Waals surface area contributed by atoms with E-state index in [2.05, 4.69) is 28.1 Å². The molecular formula is C19H23BrO2. The van der Waals surface area contributed by atoms with Crippen molar-refractivity contribution < 1.29 is 9.59 Å². The molecule has 0 saturated heterocycles. The number of carbonyl (C=O) groups excluding carboxylic acids is 2. The number of benzene rings is 1. The Morgan fingerprint density at radius 2 is 1.64 bits per heavy atom. The molecule has 1 aromatic carbocycles. The van der Waals surface area contributed by atoms with Gasteiger partial charge in [0.05, 0.1) is 0 Å². The Morgan fingerprint density at radius 3 is 2.14 bits per heavy atom. The maximum Gasteiger partial charge on any atom is 0.163 e. The van der Waals surface area contributed by atoms with Gasteiger partial charge in [-0.3, -0.25) is 9.59 Å². The van der Waals surface area contributed by atoms with Crippen molar-refractivity contribution in [1.29, 1.82) is 0 Å². The number of carbonyl (C=O) groups is 2. The van der Waals surface area contributed by atoms with Crippen LogP contribution in [-0.2, 0) is 16.0 Å². The average molecular weight is 363 g/mol. The van der Waals surface area contributed by atoms with Gasteiger partial charge < -0.3 is 0 Å². The van der Waals surface area contributed by atoms with Gasteiger partial charge in [-0.25, -0.2) is 0 Å². The zero-order valence-electron chi connectivity index (χ0n) is 13.7. The molecular weight excluding hydrogens is 340 g/mol. The van der Waals surface area contributed by atoms with Gasteiger partial charge in [-0.1, -0.05) is 33.6 Å². The number of allylic oxidation sites excluding steroid dienone is 4. The third-order valence-electron chi connectivity index (χ3n) is 3.38. The molecule has 3 heteroatoms. The van der Waals surface area contributed by atoms with Crippen LogP contribution in [0.5, 0.6) is 0 Å². The fourth-order valence-corrected chi connectivity index (χ4v) is 2.76. The molecule has 0 spiro atoms. The molecule has 1 rings (SSSR count). The first-order valence-electron chi connectivity index (χ1n) is 7.45. The third kappa shape index (κ3) is 6.10. The van der Waals surface area contributed by atoms with Gasteiger partial charge in [0, 0.05) is 16.5 Å². The molecule has 118 valence electrons. The molecule has 0 heterocycles. The molecule has 0 aliphatic rings. The minimum Gasteiger partial charge on any atom is -0.295 e. The number of halogens is 1. The van der Waals surface area contributed by atoms with Crippen LogP contribution in [0.25, 0.3) is 0 Å². The number of aryl methyl sites for hydroxylation is 1. The van der Waals surface area contributed by atoms with Gasteiger partial charge in [0.25, 0.3) is 0 Å². The van der Waals surface area contributed by atoms with Crippen molar-refractivity contribution in [3.05, 3.63) is 57.1 Å². The summed E-state index contributed by atoms with van der Waals surface area (Å²) in [6.45, 7) is 7.17. The first-order chi connectivity index (χ1) is 10.3. The molecule has 0 N–H and O–H groups in total. The zero-order chi connectivity index (χ0) is 16.7. The van der Waals surface area contributed by atoms with Crippen molar-refractivity contribution in [3.63, 3.8) is 0 Å². The van der Waals surface area contributed by atoms with E-state index in [1.165, 1.54) is 18.6 Å². The van der Waals surface area contributed by atoms with Crippen molar-refractivity contribution in [2.75, 3.05) is 0 Å². The van der Waals surface area contributed by atoms with Gasteiger partial charge in [0.2, 0.25) is 0 Å². The van der Waals surface area contributed by atoms with Gasteiger partial charge in [0.15, 0.2) is 11.6 Å². The summed E-state index contributed by atoms with van der Waals surface area (Å²) in [6, 6.07) is 8.16. The van der Waals surface area contributed by atoms with Crippen LogP contribution in [0.15, 0.2) is 51.5 Å². The lowest BCUT2D eigenvalue weighted by Crippen LogP contribution is -2.07. The van der Waals surface area contributed by atoms with Crippen molar-refractivity contribution in [1.82, 2.24) is 0 Å². The van der Waals surface area contributed by atoms with Crippen LogP contribution < -0.4 is 0 Å². The van der Waals surface area contributed by atoms with E-state index < -0.39 is 0 Å². The Balaban J connectivity index is 2.68. The molecule has 0 unspecified atom stereocenters. The Morgan fingerprint density at radius 1 is 1.05 bits per heavy atom. The highest BCUT2D eigenvalue weighted by Gasteiger charge is 2.13. The van der Waals surface area contributed by atoms with E-state index in [0.29, 0.717) is 12.0 Å². The summed E-state index contributed by atoms with van der Waals surface area (Å²) in [5.74, 6) is 0.0889. The molecule has 0 aliphatic heterocycles. The average Bonchev–Trinajstić information content (AvgIpc) is 2.39. The van der Waals surface area contributed by atoms with Crippen LogP contribution >= 0.6 is 15.9 Å². The Bertz CT molecular complexity index is 603. The molecule has 0 atom stereocenters. The molecule has 2 nitrogen and oxygen atoms in total. The molecule has 22 heavy (non-hydrogen) atoms. The minimum absolute atomic E-state index is 0.0288. The Hall–Kier alpha value is -1.48. The fourth-order valence-electron chi connectivity index (χ4n) is 2.50. The molecule has 0 radical (unpaired) electrons. The van der Waals surface area contributed by atoms with E-state index in [-0.39, 0.29) is 11.6 Å². The van der Waals surface area contributed by atoms with Gasteiger partial charge in [-0.2, -0.15) is 0 Å². The first-order valence-corrected chi connectivity index (χ1v) is 8.25. The maximum atomic E-state index is 12.4. The third-order valence-corrected chi connectivity index (χ3v) is 3.90. The lowest BCUT2D eigenvalue weighted by molar-refractivity contribution is -0.115. The minimum atomic E-state index is -0.0288. The molecule has 0 aromatic heterocycles. The highest BCUT2D eigenvalue weighted by atomic mass is 79.9. The van der Waals surface area contributed by atoms with E-state index >= 15 is 0 Å². The molecule has 0 aliphatic carbocycles. The summed E-state index contributed by atoms with van der Waals surface area (Å²) in [5, 5.41) is 0. The highest BCUT2D eigenvalue weighted by molar-refractivity contribution is 9.10. The van der Waals surface area contributed by atoms with E-state index in [0.717, 1.165) is 28.5 Å². The normalized spacial score (nSPS) is 11.2. The molecule has 0 saturated carbocycles. The topological polar surface area (TPSA) is 34.1 Å². The summed E-state index contributed by atoms with van der Waals surface area (Å²) in [4.78, 5) is 23.7. The van der Waals surface area contributed by atoms with E-state index in [1.807, 2.05) is 32.9 Å². The second-order valence-electron chi connectivity index (χ2n) is 5.72. The number of rotatable bonds is 7. The summed E-state index contributed by atoms with van der Waals surface area (Å²) in [5.41, 5.74) is 3.65. The molecule has 1 aromatic rings. The van der Waals surface area contributed by atoms with E-state index in [9.17, 15) is 9.59 Å². The zero-order valence-corrected chi connectivity index (χ0v) is 15.3. The summed E-state index contributed by atoms with van der Waals surface area (Å²) < 4.78 is 1.06. The van der Waals surface area contributed by atoms with Crippen LogP contribution in [0.2, 0.25) is 0 Å². The van der Waals surface area contributed by atoms with E-state index in [4.69, 9.17) is 0 Å². The predicted octanol–water partition coefficient (Wildman–Crippen LogP) is 5.21. The number of hydrogen-bond donors (Lipinski definition) is 0. The lowest BCUT2D eigenvalue weighted by Gasteiger charge is -2.10. The summed E-state index contributed by atoms with van der Waals surface area (Å²) in [6.07, 6.45) is 3.73. The standard InChI is InChI=1S/C19H23BrO2/c1-13(2)19(14(3)12-15(4)21)18(22)7-5-6-16-8-10-17(20)11-9-16/h8-12H,5-7H2,1-4H3/b14-12-. The monoisotopic (exact) mass is 362 g/mol. The van der Waals surface area contributed by atoms with Crippen molar-refractivity contribution in [3.8, 4) is 0 Å².